The first-order valence-corrected chi connectivity index (χ1v) is 19.8. The molecule has 1 aliphatic rings. The Morgan fingerprint density at radius 3 is 1.30 bits per heavy atom. The SMILES string of the molecule is Cc1ccc(S(=O)(=O)OCC2(COS(=O)(=O)c3ccc(C)cc3)CC(c3ccc(OC(F)(F)F)cc3)=C(c3ccc(S(C)(=O)=O)cc3)C2)cc1. The van der Waals surface area contributed by atoms with Gasteiger partial charge in [0.1, 0.15) is 5.75 Å². The molecule has 4 aromatic rings. The van der Waals surface area contributed by atoms with Crippen molar-refractivity contribution < 1.29 is 51.5 Å². The third-order valence-corrected chi connectivity index (χ3v) is 11.9. The summed E-state index contributed by atoms with van der Waals surface area (Å²) in [5, 5.41) is 0. The van der Waals surface area contributed by atoms with Crippen molar-refractivity contribution in [2.75, 3.05) is 19.5 Å². The Kier molecular flexibility index (Phi) is 10.4. The highest BCUT2D eigenvalue weighted by Gasteiger charge is 2.43. The van der Waals surface area contributed by atoms with Gasteiger partial charge in [-0.2, -0.15) is 16.8 Å². The van der Waals surface area contributed by atoms with E-state index < -0.39 is 60.8 Å². The maximum absolute atomic E-state index is 13.3. The summed E-state index contributed by atoms with van der Waals surface area (Å²) in [6.45, 7) is 2.51. The average Bonchev–Trinajstić information content (AvgIpc) is 3.43. The number of sulfone groups is 1. The topological polar surface area (TPSA) is 130 Å². The van der Waals surface area contributed by atoms with E-state index in [1.807, 2.05) is 0 Å². The second-order valence-electron chi connectivity index (χ2n) is 12.2. The number of rotatable bonds is 12. The van der Waals surface area contributed by atoms with Crippen LogP contribution < -0.4 is 4.74 Å². The minimum Gasteiger partial charge on any atom is -0.406 e. The van der Waals surface area contributed by atoms with Crippen molar-refractivity contribution in [3.63, 3.8) is 0 Å². The van der Waals surface area contributed by atoms with Gasteiger partial charge in [-0.05, 0) is 97.5 Å². The van der Waals surface area contributed by atoms with Gasteiger partial charge in [-0.1, -0.05) is 59.7 Å². The number of hydrogen-bond acceptors (Lipinski definition) is 9. The van der Waals surface area contributed by atoms with Crippen LogP contribution >= 0.6 is 0 Å². The van der Waals surface area contributed by atoms with Crippen LogP contribution in [-0.4, -0.2) is 51.1 Å². The smallest absolute Gasteiger partial charge is 0.406 e. The lowest BCUT2D eigenvalue weighted by molar-refractivity contribution is -0.274. The first-order chi connectivity index (χ1) is 23.3. The molecule has 0 bridgehead atoms. The number of allylic oxidation sites excluding steroid dienone is 2. The summed E-state index contributed by atoms with van der Waals surface area (Å²) in [5.74, 6) is -0.467. The number of alkyl halides is 3. The van der Waals surface area contributed by atoms with E-state index in [1.54, 1.807) is 50.2 Å². The fourth-order valence-electron chi connectivity index (χ4n) is 5.54. The summed E-state index contributed by atoms with van der Waals surface area (Å²) in [6.07, 6.45) is -3.90. The molecule has 0 spiro atoms. The Morgan fingerprint density at radius 1 is 0.580 bits per heavy atom. The molecular weight excluding hydrogens is 718 g/mol. The lowest BCUT2D eigenvalue weighted by Crippen LogP contribution is -2.33. The van der Waals surface area contributed by atoms with Crippen molar-refractivity contribution in [1.82, 2.24) is 0 Å². The van der Waals surface area contributed by atoms with E-state index in [0.29, 0.717) is 22.3 Å². The second kappa shape index (κ2) is 13.9. The maximum atomic E-state index is 13.3. The Labute approximate surface area is 289 Å². The van der Waals surface area contributed by atoms with Gasteiger partial charge in [0.15, 0.2) is 9.84 Å². The molecule has 4 aromatic carbocycles. The molecule has 0 aliphatic heterocycles. The molecule has 0 atom stereocenters. The first-order valence-electron chi connectivity index (χ1n) is 15.1. The van der Waals surface area contributed by atoms with Crippen LogP contribution in [0.15, 0.2) is 112 Å². The summed E-state index contributed by atoms with van der Waals surface area (Å²) in [7, 11) is -12.2. The largest absolute Gasteiger partial charge is 0.573 e. The van der Waals surface area contributed by atoms with Crippen LogP contribution in [0.5, 0.6) is 5.75 Å². The Balaban J connectivity index is 1.57. The highest BCUT2D eigenvalue weighted by Crippen LogP contribution is 2.51. The highest BCUT2D eigenvalue weighted by atomic mass is 32.2. The van der Waals surface area contributed by atoms with E-state index in [0.717, 1.165) is 29.5 Å². The third-order valence-electron chi connectivity index (χ3n) is 8.19. The first kappa shape index (κ1) is 37.2. The minimum atomic E-state index is -4.92. The van der Waals surface area contributed by atoms with Gasteiger partial charge >= 0.3 is 6.36 Å². The predicted octanol–water partition coefficient (Wildman–Crippen LogP) is 7.11. The standard InChI is InChI=1S/C35H33F3O9S3/c1-24-4-14-30(15-5-24)49(41,42)45-22-34(23-46-50(43,44)31-16-6-25(2)7-17-31)20-32(26-8-12-28(13-9-26)47-35(36,37)38)33(21-34)27-10-18-29(19-11-27)48(3,39)40/h4-19H,20-23H2,1-3H3. The molecule has 5 rings (SSSR count). The van der Waals surface area contributed by atoms with Gasteiger partial charge in [0.05, 0.1) is 27.9 Å². The van der Waals surface area contributed by atoms with E-state index >= 15 is 0 Å². The highest BCUT2D eigenvalue weighted by molar-refractivity contribution is 7.90. The van der Waals surface area contributed by atoms with Crippen LogP contribution in [0.2, 0.25) is 0 Å². The number of halogens is 3. The summed E-state index contributed by atoms with van der Waals surface area (Å²) < 4.78 is 131. The minimum absolute atomic E-state index is 0.00576. The molecule has 0 fully saturated rings. The molecule has 0 saturated carbocycles. The van der Waals surface area contributed by atoms with Gasteiger partial charge < -0.3 is 4.74 Å². The molecule has 0 unspecified atom stereocenters. The fourth-order valence-corrected chi connectivity index (χ4v) is 8.19. The van der Waals surface area contributed by atoms with Crippen molar-refractivity contribution in [1.29, 1.82) is 0 Å². The molecule has 0 aromatic heterocycles. The van der Waals surface area contributed by atoms with E-state index in [2.05, 4.69) is 4.74 Å². The molecule has 1 aliphatic carbocycles. The summed E-state index contributed by atoms with van der Waals surface area (Å²) in [4.78, 5) is -0.190. The molecule has 15 heteroatoms. The van der Waals surface area contributed by atoms with Crippen molar-refractivity contribution >= 4 is 41.2 Å². The summed E-state index contributed by atoms with van der Waals surface area (Å²) in [6, 6.07) is 22.9. The predicted molar refractivity (Wildman–Crippen MR) is 180 cm³/mol. The molecule has 266 valence electrons. The molecule has 0 saturated heterocycles. The zero-order valence-corrected chi connectivity index (χ0v) is 29.5. The molecule has 0 amide bonds. The zero-order valence-electron chi connectivity index (χ0n) is 27.1. The van der Waals surface area contributed by atoms with Crippen molar-refractivity contribution in [3.8, 4) is 5.75 Å². The molecule has 0 heterocycles. The summed E-state index contributed by atoms with van der Waals surface area (Å²) in [5.41, 5.74) is 2.34. The average molecular weight is 751 g/mol. The van der Waals surface area contributed by atoms with Gasteiger partial charge in [-0.15, -0.1) is 13.2 Å². The molecule has 0 radical (unpaired) electrons. The van der Waals surface area contributed by atoms with Gasteiger partial charge in [-0.25, -0.2) is 8.42 Å². The van der Waals surface area contributed by atoms with E-state index in [9.17, 15) is 38.4 Å². The normalized spacial score (nSPS) is 15.3. The van der Waals surface area contributed by atoms with Crippen molar-refractivity contribution in [2.24, 2.45) is 5.41 Å². The van der Waals surface area contributed by atoms with Crippen LogP contribution in [0, 0.1) is 19.3 Å². The van der Waals surface area contributed by atoms with Gasteiger partial charge in [-0.3, -0.25) is 8.37 Å². The number of ether oxygens (including phenoxy) is 1. The Hall–Kier alpha value is -4.02. The summed E-state index contributed by atoms with van der Waals surface area (Å²) >= 11 is 0. The van der Waals surface area contributed by atoms with Gasteiger partial charge in [0.25, 0.3) is 20.2 Å². The lowest BCUT2D eigenvalue weighted by Gasteiger charge is -2.29. The van der Waals surface area contributed by atoms with Crippen LogP contribution in [0.4, 0.5) is 13.2 Å². The fraction of sp³-hybridized carbons (Fsp3) is 0.257. The zero-order chi connectivity index (χ0) is 36.5. The van der Waals surface area contributed by atoms with E-state index in [1.165, 1.54) is 48.5 Å². The number of hydrogen-bond donors (Lipinski definition) is 0. The Bertz CT molecular complexity index is 2130. The van der Waals surface area contributed by atoms with Crippen LogP contribution in [0.3, 0.4) is 0 Å². The molecule has 50 heavy (non-hydrogen) atoms. The lowest BCUT2D eigenvalue weighted by atomic mass is 9.84. The number of benzene rings is 4. The second-order valence-corrected chi connectivity index (χ2v) is 17.5. The molecule has 0 N–H and O–H groups in total. The number of aryl methyl sites for hydroxylation is 2. The quantitative estimate of drug-likeness (QED) is 0.139. The van der Waals surface area contributed by atoms with Crippen LogP contribution in [0.1, 0.15) is 35.1 Å². The monoisotopic (exact) mass is 750 g/mol. The molecule has 9 nitrogen and oxygen atoms in total. The van der Waals surface area contributed by atoms with Crippen molar-refractivity contribution in [3.05, 3.63) is 119 Å². The van der Waals surface area contributed by atoms with Crippen LogP contribution in [-0.2, 0) is 38.4 Å². The third kappa shape index (κ3) is 9.01. The van der Waals surface area contributed by atoms with E-state index in [4.69, 9.17) is 8.37 Å². The van der Waals surface area contributed by atoms with Gasteiger partial charge in [0, 0.05) is 11.7 Å². The molecular formula is C35H33F3O9S3. The van der Waals surface area contributed by atoms with Crippen LogP contribution in [0.25, 0.3) is 11.1 Å². The van der Waals surface area contributed by atoms with Crippen molar-refractivity contribution in [2.45, 2.75) is 47.7 Å². The van der Waals surface area contributed by atoms with E-state index in [-0.39, 0.29) is 27.5 Å². The van der Waals surface area contributed by atoms with Gasteiger partial charge in [0.2, 0.25) is 0 Å². The Morgan fingerprint density at radius 2 is 0.940 bits per heavy atom. The maximum Gasteiger partial charge on any atom is 0.573 e.